The number of hydrogen-bond acceptors (Lipinski definition) is 3. The van der Waals surface area contributed by atoms with E-state index >= 15 is 0 Å². The maximum atomic E-state index is 13.8. The van der Waals surface area contributed by atoms with Gasteiger partial charge in [-0.05, 0) is 18.2 Å². The number of nitrogens with zero attached hydrogens (tertiary/aromatic N) is 2. The predicted octanol–water partition coefficient (Wildman–Crippen LogP) is 3.44. The summed E-state index contributed by atoms with van der Waals surface area (Å²) >= 11 is 7.33. The molecule has 0 aliphatic heterocycles. The van der Waals surface area contributed by atoms with Crippen LogP contribution in [-0.2, 0) is 0 Å². The first-order valence-electron chi connectivity index (χ1n) is 4.82. The number of nitrogen functional groups attached to an aromatic ring is 1. The van der Waals surface area contributed by atoms with Crippen molar-refractivity contribution in [2.75, 3.05) is 5.73 Å². The number of hydrogen-bond donors (Lipinski definition) is 1. The number of halogens is 2. The Morgan fingerprint density at radius 2 is 2.24 bits per heavy atom. The highest BCUT2D eigenvalue weighted by atomic mass is 35.5. The largest absolute Gasteiger partial charge is 0.369 e. The third kappa shape index (κ3) is 1.59. The van der Waals surface area contributed by atoms with Gasteiger partial charge in [0, 0.05) is 16.0 Å². The molecular weight excluding hydrogens is 261 g/mol. The summed E-state index contributed by atoms with van der Waals surface area (Å²) in [6.07, 6.45) is 1.66. The molecule has 3 rings (SSSR count). The molecule has 0 fully saturated rings. The zero-order valence-electron chi connectivity index (χ0n) is 8.52. The molecule has 0 unspecified atom stereocenters. The van der Waals surface area contributed by atoms with Crippen molar-refractivity contribution in [3.8, 4) is 11.3 Å². The third-order valence-electron chi connectivity index (χ3n) is 2.49. The molecule has 0 aliphatic carbocycles. The van der Waals surface area contributed by atoms with Crippen LogP contribution in [0, 0.1) is 5.82 Å². The van der Waals surface area contributed by atoms with Crippen LogP contribution in [0.4, 0.5) is 10.3 Å². The molecule has 2 N–H and O–H groups in total. The molecule has 2 aromatic heterocycles. The lowest BCUT2D eigenvalue weighted by molar-refractivity contribution is 0.630. The normalized spacial score (nSPS) is 11.2. The first kappa shape index (κ1) is 10.6. The topological polar surface area (TPSA) is 43.3 Å². The Balaban J connectivity index is 2.33. The monoisotopic (exact) mass is 267 g/mol. The number of nitrogens with two attached hydrogens (primary N) is 1. The molecule has 0 atom stereocenters. The van der Waals surface area contributed by atoms with E-state index in [0.717, 1.165) is 4.83 Å². The summed E-state index contributed by atoms with van der Waals surface area (Å²) in [6, 6.07) is 4.44. The summed E-state index contributed by atoms with van der Waals surface area (Å²) in [5.41, 5.74) is 6.84. The maximum absolute atomic E-state index is 13.8. The fraction of sp³-hybridized carbons (Fsp3) is 0. The summed E-state index contributed by atoms with van der Waals surface area (Å²) in [5, 5.41) is 2.32. The molecule has 6 heteroatoms. The summed E-state index contributed by atoms with van der Waals surface area (Å²) in [6.45, 7) is 0. The van der Waals surface area contributed by atoms with Crippen molar-refractivity contribution in [3.05, 3.63) is 40.6 Å². The van der Waals surface area contributed by atoms with E-state index in [1.165, 1.54) is 23.5 Å². The van der Waals surface area contributed by atoms with Gasteiger partial charge < -0.3 is 5.73 Å². The van der Waals surface area contributed by atoms with Crippen molar-refractivity contribution in [2.45, 2.75) is 0 Å². The predicted molar refractivity (Wildman–Crippen MR) is 67.9 cm³/mol. The highest BCUT2D eigenvalue weighted by Gasteiger charge is 2.13. The number of fused-ring (bicyclic) bond motifs is 1. The average Bonchev–Trinajstić information content (AvgIpc) is 2.86. The van der Waals surface area contributed by atoms with Gasteiger partial charge >= 0.3 is 0 Å². The van der Waals surface area contributed by atoms with Crippen molar-refractivity contribution in [2.24, 2.45) is 0 Å². The summed E-state index contributed by atoms with van der Waals surface area (Å²) < 4.78 is 15.5. The first-order valence-corrected chi connectivity index (χ1v) is 6.08. The van der Waals surface area contributed by atoms with Gasteiger partial charge in [0.1, 0.15) is 10.6 Å². The summed E-state index contributed by atoms with van der Waals surface area (Å²) in [7, 11) is 0. The lowest BCUT2D eigenvalue weighted by Crippen LogP contribution is -1.96. The number of anilines is 1. The van der Waals surface area contributed by atoms with Crippen LogP contribution in [0.3, 0.4) is 0 Å². The maximum Gasteiger partial charge on any atom is 0.206 e. The van der Waals surface area contributed by atoms with Gasteiger partial charge in [-0.25, -0.2) is 9.37 Å². The molecule has 0 radical (unpaired) electrons. The number of imidazole rings is 1. The van der Waals surface area contributed by atoms with Crippen LogP contribution in [0.2, 0.25) is 5.02 Å². The summed E-state index contributed by atoms with van der Waals surface area (Å²) in [4.78, 5) is 4.86. The number of rotatable bonds is 1. The quantitative estimate of drug-likeness (QED) is 0.734. The van der Waals surface area contributed by atoms with E-state index < -0.39 is 0 Å². The first-order chi connectivity index (χ1) is 8.16. The van der Waals surface area contributed by atoms with E-state index in [1.807, 2.05) is 5.38 Å². The van der Waals surface area contributed by atoms with E-state index in [2.05, 4.69) is 4.98 Å². The van der Waals surface area contributed by atoms with E-state index in [-0.39, 0.29) is 5.82 Å². The van der Waals surface area contributed by atoms with Crippen LogP contribution >= 0.6 is 22.9 Å². The zero-order valence-corrected chi connectivity index (χ0v) is 10.1. The Hall–Kier alpha value is -1.59. The molecule has 0 saturated carbocycles. The number of aromatic nitrogens is 2. The molecule has 1 aromatic carbocycles. The van der Waals surface area contributed by atoms with E-state index in [9.17, 15) is 4.39 Å². The lowest BCUT2D eigenvalue weighted by atomic mass is 10.1. The van der Waals surface area contributed by atoms with Crippen molar-refractivity contribution in [3.63, 3.8) is 0 Å². The minimum Gasteiger partial charge on any atom is -0.369 e. The van der Waals surface area contributed by atoms with E-state index in [4.69, 9.17) is 17.3 Å². The Bertz CT molecular complexity index is 704. The van der Waals surface area contributed by atoms with Crippen molar-refractivity contribution in [1.29, 1.82) is 0 Å². The molecular formula is C11H7ClFN3S. The Kier molecular flexibility index (Phi) is 2.31. The van der Waals surface area contributed by atoms with Crippen LogP contribution in [0.25, 0.3) is 16.1 Å². The molecule has 0 amide bonds. The molecule has 0 saturated heterocycles. The highest BCUT2D eigenvalue weighted by Crippen LogP contribution is 2.31. The fourth-order valence-corrected chi connectivity index (χ4v) is 2.77. The van der Waals surface area contributed by atoms with E-state index in [1.54, 1.807) is 16.7 Å². The Labute approximate surface area is 105 Å². The summed E-state index contributed by atoms with van der Waals surface area (Å²) in [5.74, 6) is 0.0119. The van der Waals surface area contributed by atoms with Gasteiger partial charge in [0.15, 0.2) is 0 Å². The Morgan fingerprint density at radius 3 is 3.06 bits per heavy atom. The Morgan fingerprint density at radius 1 is 1.41 bits per heavy atom. The minimum atomic E-state index is -0.331. The van der Waals surface area contributed by atoms with Crippen LogP contribution in [0.5, 0.6) is 0 Å². The molecule has 3 aromatic rings. The van der Waals surface area contributed by atoms with Crippen LogP contribution in [-0.4, -0.2) is 9.38 Å². The molecule has 0 aliphatic rings. The van der Waals surface area contributed by atoms with Crippen molar-refractivity contribution < 1.29 is 4.39 Å². The van der Waals surface area contributed by atoms with Gasteiger partial charge in [0.05, 0.1) is 11.9 Å². The van der Waals surface area contributed by atoms with Gasteiger partial charge in [0.25, 0.3) is 0 Å². The minimum absolute atomic E-state index is 0.331. The molecule has 3 nitrogen and oxygen atoms in total. The second-order valence-electron chi connectivity index (χ2n) is 3.54. The fourth-order valence-electron chi connectivity index (χ4n) is 1.72. The van der Waals surface area contributed by atoms with Crippen molar-refractivity contribution in [1.82, 2.24) is 9.38 Å². The average molecular weight is 268 g/mol. The second kappa shape index (κ2) is 3.72. The highest BCUT2D eigenvalue weighted by molar-refractivity contribution is 7.16. The number of benzene rings is 1. The SMILES string of the molecule is Nc1ncc2scc(-c3cc(Cl)ccc3F)n12. The molecule has 0 spiro atoms. The zero-order chi connectivity index (χ0) is 12.0. The van der Waals surface area contributed by atoms with E-state index in [0.29, 0.717) is 22.2 Å². The molecule has 2 heterocycles. The van der Waals surface area contributed by atoms with Gasteiger partial charge in [-0.15, -0.1) is 11.3 Å². The standard InChI is InChI=1S/C11H7ClFN3S/c12-6-1-2-8(13)7(3-6)9-5-17-10-4-15-11(14)16(9)10/h1-5H,(H2,14,15). The van der Waals surface area contributed by atoms with Gasteiger partial charge in [-0.1, -0.05) is 11.6 Å². The molecule has 17 heavy (non-hydrogen) atoms. The molecule has 0 bridgehead atoms. The van der Waals surface area contributed by atoms with Gasteiger partial charge in [-0.2, -0.15) is 0 Å². The number of thiazole rings is 1. The van der Waals surface area contributed by atoms with Crippen LogP contribution < -0.4 is 5.73 Å². The lowest BCUT2D eigenvalue weighted by Gasteiger charge is -2.03. The van der Waals surface area contributed by atoms with Crippen LogP contribution in [0.15, 0.2) is 29.8 Å². The molecule has 86 valence electrons. The second-order valence-corrected chi connectivity index (χ2v) is 4.86. The third-order valence-corrected chi connectivity index (χ3v) is 3.60. The van der Waals surface area contributed by atoms with Crippen molar-refractivity contribution >= 4 is 33.7 Å². The van der Waals surface area contributed by atoms with Gasteiger partial charge in [-0.3, -0.25) is 4.40 Å². The van der Waals surface area contributed by atoms with Crippen LogP contribution in [0.1, 0.15) is 0 Å². The van der Waals surface area contributed by atoms with Gasteiger partial charge in [0.2, 0.25) is 5.95 Å². The smallest absolute Gasteiger partial charge is 0.206 e.